The number of carbonyl (C=O) groups excluding carboxylic acids is 2. The summed E-state index contributed by atoms with van der Waals surface area (Å²) in [6, 6.07) is 22.9. The van der Waals surface area contributed by atoms with Crippen LogP contribution in [0.15, 0.2) is 78.9 Å². The summed E-state index contributed by atoms with van der Waals surface area (Å²) < 4.78 is 0. The Kier molecular flexibility index (Phi) is 6.07. The van der Waals surface area contributed by atoms with E-state index in [9.17, 15) is 9.59 Å². The third kappa shape index (κ3) is 5.59. The van der Waals surface area contributed by atoms with E-state index in [4.69, 9.17) is 11.6 Å². The number of para-hydroxylation sites is 1. The highest BCUT2D eigenvalue weighted by Gasteiger charge is 2.08. The van der Waals surface area contributed by atoms with E-state index in [1.54, 1.807) is 42.5 Å². The number of amides is 3. The van der Waals surface area contributed by atoms with E-state index in [1.807, 2.05) is 36.4 Å². The monoisotopic (exact) mass is 379 g/mol. The summed E-state index contributed by atoms with van der Waals surface area (Å²) >= 11 is 6.09. The second-order valence-corrected chi connectivity index (χ2v) is 6.25. The lowest BCUT2D eigenvalue weighted by molar-refractivity contribution is -0.115. The number of rotatable bonds is 5. The predicted octanol–water partition coefficient (Wildman–Crippen LogP) is 5.17. The highest BCUT2D eigenvalue weighted by Crippen LogP contribution is 2.18. The Hall–Kier alpha value is -3.31. The lowest BCUT2D eigenvalue weighted by Crippen LogP contribution is -2.19. The molecule has 3 N–H and O–H groups in total. The third-order valence-electron chi connectivity index (χ3n) is 3.74. The van der Waals surface area contributed by atoms with Gasteiger partial charge in [-0.3, -0.25) is 4.79 Å². The zero-order chi connectivity index (χ0) is 19.1. The minimum Gasteiger partial charge on any atom is -0.326 e. The van der Waals surface area contributed by atoms with Gasteiger partial charge in [0.25, 0.3) is 0 Å². The number of halogens is 1. The molecule has 0 aliphatic heterocycles. The van der Waals surface area contributed by atoms with Crippen LogP contribution in [0.3, 0.4) is 0 Å². The van der Waals surface area contributed by atoms with Crippen molar-refractivity contribution >= 4 is 40.6 Å². The summed E-state index contributed by atoms with van der Waals surface area (Å²) in [7, 11) is 0. The van der Waals surface area contributed by atoms with Gasteiger partial charge < -0.3 is 16.0 Å². The summed E-state index contributed by atoms with van der Waals surface area (Å²) in [5, 5.41) is 8.85. The SMILES string of the molecule is O=C(Cc1ccccc1Cl)Nc1cccc(NC(=O)Nc2ccccc2)c1. The molecule has 3 rings (SSSR count). The second kappa shape index (κ2) is 8.87. The van der Waals surface area contributed by atoms with Gasteiger partial charge in [-0.15, -0.1) is 0 Å². The molecule has 3 aromatic carbocycles. The lowest BCUT2D eigenvalue weighted by atomic mass is 10.1. The summed E-state index contributed by atoms with van der Waals surface area (Å²) in [5.74, 6) is -0.186. The molecular weight excluding hydrogens is 362 g/mol. The van der Waals surface area contributed by atoms with Gasteiger partial charge >= 0.3 is 6.03 Å². The number of carbonyl (C=O) groups is 2. The summed E-state index contributed by atoms with van der Waals surface area (Å²) in [6.45, 7) is 0. The largest absolute Gasteiger partial charge is 0.326 e. The number of nitrogens with one attached hydrogen (secondary N) is 3. The van der Waals surface area contributed by atoms with Gasteiger partial charge in [0, 0.05) is 22.1 Å². The molecule has 0 radical (unpaired) electrons. The number of anilines is 3. The standard InChI is InChI=1S/C21H18ClN3O2/c22-19-12-5-4-7-15(19)13-20(26)23-17-10-6-11-18(14-17)25-21(27)24-16-8-2-1-3-9-16/h1-12,14H,13H2,(H,23,26)(H2,24,25,27). The van der Waals surface area contributed by atoms with Crippen LogP contribution >= 0.6 is 11.6 Å². The molecule has 0 aliphatic carbocycles. The summed E-state index contributed by atoms with van der Waals surface area (Å²) in [4.78, 5) is 24.3. The molecule has 6 heteroatoms. The van der Waals surface area contributed by atoms with Crippen LogP contribution in [0.2, 0.25) is 5.02 Å². The lowest BCUT2D eigenvalue weighted by Gasteiger charge is -2.10. The molecule has 0 saturated heterocycles. The Morgan fingerprint density at radius 3 is 2.04 bits per heavy atom. The number of benzene rings is 3. The fourth-order valence-electron chi connectivity index (χ4n) is 2.51. The number of hydrogen-bond donors (Lipinski definition) is 3. The van der Waals surface area contributed by atoms with E-state index in [2.05, 4.69) is 16.0 Å². The molecule has 27 heavy (non-hydrogen) atoms. The molecule has 0 aromatic heterocycles. The quantitative estimate of drug-likeness (QED) is 0.572. The van der Waals surface area contributed by atoms with Crippen LogP contribution in [0.4, 0.5) is 21.9 Å². The maximum atomic E-state index is 12.2. The molecule has 5 nitrogen and oxygen atoms in total. The van der Waals surface area contributed by atoms with Crippen molar-refractivity contribution in [2.45, 2.75) is 6.42 Å². The average Bonchev–Trinajstić information content (AvgIpc) is 2.64. The van der Waals surface area contributed by atoms with Crippen molar-refractivity contribution < 1.29 is 9.59 Å². The van der Waals surface area contributed by atoms with Crippen molar-refractivity contribution in [1.82, 2.24) is 0 Å². The molecule has 0 fully saturated rings. The third-order valence-corrected chi connectivity index (χ3v) is 4.11. The van der Waals surface area contributed by atoms with Gasteiger partial charge in [-0.2, -0.15) is 0 Å². The molecule has 3 aromatic rings. The van der Waals surface area contributed by atoms with Crippen LogP contribution in [0.25, 0.3) is 0 Å². The topological polar surface area (TPSA) is 70.2 Å². The van der Waals surface area contributed by atoms with E-state index in [0.717, 1.165) is 5.56 Å². The zero-order valence-electron chi connectivity index (χ0n) is 14.4. The van der Waals surface area contributed by atoms with Crippen molar-refractivity contribution in [3.8, 4) is 0 Å². The highest BCUT2D eigenvalue weighted by atomic mass is 35.5. The second-order valence-electron chi connectivity index (χ2n) is 5.84. The van der Waals surface area contributed by atoms with Crippen molar-refractivity contribution in [3.05, 3.63) is 89.4 Å². The van der Waals surface area contributed by atoms with Crippen molar-refractivity contribution in [3.63, 3.8) is 0 Å². The molecule has 0 aliphatic rings. The van der Waals surface area contributed by atoms with Crippen LogP contribution in [0, 0.1) is 0 Å². The van der Waals surface area contributed by atoms with Gasteiger partial charge in [-0.1, -0.05) is 54.1 Å². The highest BCUT2D eigenvalue weighted by molar-refractivity contribution is 6.31. The molecule has 0 saturated carbocycles. The first kappa shape index (κ1) is 18.5. The van der Waals surface area contributed by atoms with Crippen molar-refractivity contribution in [1.29, 1.82) is 0 Å². The van der Waals surface area contributed by atoms with Crippen LogP contribution in [-0.2, 0) is 11.2 Å². The maximum absolute atomic E-state index is 12.2. The normalized spacial score (nSPS) is 10.1. The Bertz CT molecular complexity index is 945. The number of hydrogen-bond acceptors (Lipinski definition) is 2. The van der Waals surface area contributed by atoms with E-state index < -0.39 is 0 Å². The smallest absolute Gasteiger partial charge is 0.323 e. The fraction of sp³-hybridized carbons (Fsp3) is 0.0476. The van der Waals surface area contributed by atoms with Crippen molar-refractivity contribution in [2.24, 2.45) is 0 Å². The summed E-state index contributed by atoms with van der Waals surface area (Å²) in [6.07, 6.45) is 0.172. The minimum atomic E-state index is -0.360. The van der Waals surface area contributed by atoms with Crippen LogP contribution in [-0.4, -0.2) is 11.9 Å². The molecule has 0 spiro atoms. The first-order chi connectivity index (χ1) is 13.1. The molecule has 0 atom stereocenters. The van der Waals surface area contributed by atoms with Gasteiger partial charge in [0.15, 0.2) is 0 Å². The van der Waals surface area contributed by atoms with Gasteiger partial charge in [-0.05, 0) is 42.0 Å². The molecule has 0 bridgehead atoms. The average molecular weight is 380 g/mol. The maximum Gasteiger partial charge on any atom is 0.323 e. The van der Waals surface area contributed by atoms with E-state index in [0.29, 0.717) is 22.1 Å². The van der Waals surface area contributed by atoms with Gasteiger partial charge in [0.05, 0.1) is 6.42 Å². The van der Waals surface area contributed by atoms with Crippen LogP contribution in [0.1, 0.15) is 5.56 Å². The van der Waals surface area contributed by atoms with Gasteiger partial charge in [-0.25, -0.2) is 4.79 Å². The van der Waals surface area contributed by atoms with Crippen LogP contribution in [0.5, 0.6) is 0 Å². The molecular formula is C21H18ClN3O2. The molecule has 0 heterocycles. The van der Waals surface area contributed by atoms with E-state index in [1.165, 1.54) is 0 Å². The fourth-order valence-corrected chi connectivity index (χ4v) is 2.71. The molecule has 0 unspecified atom stereocenters. The Morgan fingerprint density at radius 1 is 0.704 bits per heavy atom. The molecule has 136 valence electrons. The van der Waals surface area contributed by atoms with E-state index in [-0.39, 0.29) is 18.4 Å². The van der Waals surface area contributed by atoms with Gasteiger partial charge in [0.2, 0.25) is 5.91 Å². The summed E-state index contributed by atoms with van der Waals surface area (Å²) in [5.41, 5.74) is 2.61. The van der Waals surface area contributed by atoms with Gasteiger partial charge in [0.1, 0.15) is 0 Å². The van der Waals surface area contributed by atoms with Crippen molar-refractivity contribution in [2.75, 3.05) is 16.0 Å². The Morgan fingerprint density at radius 2 is 1.30 bits per heavy atom. The van der Waals surface area contributed by atoms with Crippen LogP contribution < -0.4 is 16.0 Å². The zero-order valence-corrected chi connectivity index (χ0v) is 15.2. The first-order valence-corrected chi connectivity index (χ1v) is 8.74. The first-order valence-electron chi connectivity index (χ1n) is 8.36. The molecule has 3 amide bonds. The Balaban J connectivity index is 1.59. The predicted molar refractivity (Wildman–Crippen MR) is 109 cm³/mol. The number of urea groups is 1. The van der Waals surface area contributed by atoms with E-state index >= 15 is 0 Å². The minimum absolute atomic E-state index is 0.172. The Labute approximate surface area is 162 Å².